The van der Waals surface area contributed by atoms with E-state index >= 15 is 0 Å². The highest BCUT2D eigenvalue weighted by Crippen LogP contribution is 2.27. The molecule has 1 aromatic heterocycles. The Labute approximate surface area is 121 Å². The van der Waals surface area contributed by atoms with Gasteiger partial charge in [0.25, 0.3) is 5.56 Å². The van der Waals surface area contributed by atoms with Gasteiger partial charge in [0.05, 0.1) is 10.7 Å². The maximum atomic E-state index is 13.4. The Balaban J connectivity index is 2.78. The molecule has 0 saturated heterocycles. The van der Waals surface area contributed by atoms with E-state index in [9.17, 15) is 13.6 Å². The van der Waals surface area contributed by atoms with E-state index in [1.807, 2.05) is 0 Å². The summed E-state index contributed by atoms with van der Waals surface area (Å²) < 4.78 is 26.6. The van der Waals surface area contributed by atoms with Crippen molar-refractivity contribution in [3.8, 4) is 17.3 Å². The zero-order valence-corrected chi connectivity index (χ0v) is 11.6. The molecule has 0 aliphatic carbocycles. The fourth-order valence-corrected chi connectivity index (χ4v) is 2.14. The minimum atomic E-state index is -1.19. The molecule has 0 amide bonds. The average Bonchev–Trinajstić information content (AvgIpc) is 2.43. The number of benzene rings is 1. The van der Waals surface area contributed by atoms with Crippen LogP contribution >= 0.6 is 23.4 Å². The minimum Gasteiger partial charge on any atom is -0.300 e. The zero-order valence-electron chi connectivity index (χ0n) is 10.00. The first-order valence-corrected chi connectivity index (χ1v) is 6.81. The van der Waals surface area contributed by atoms with E-state index in [0.29, 0.717) is 0 Å². The second-order valence-corrected chi connectivity index (χ2v) is 4.87. The number of hydrogen-bond acceptors (Lipinski definition) is 4. The molecule has 1 heterocycles. The van der Waals surface area contributed by atoms with Crippen molar-refractivity contribution in [2.24, 2.45) is 0 Å². The van der Waals surface area contributed by atoms with Crippen LogP contribution < -0.4 is 5.56 Å². The van der Waals surface area contributed by atoms with Crippen molar-refractivity contribution >= 4 is 23.4 Å². The lowest BCUT2D eigenvalue weighted by atomic mass is 10.1. The van der Waals surface area contributed by atoms with Crippen molar-refractivity contribution in [3.63, 3.8) is 0 Å². The SMILES string of the molecule is CSc1nc(-c2cc(F)c(F)c(Cl)c2)c(C#N)c(=O)[nH]1. The lowest BCUT2D eigenvalue weighted by molar-refractivity contribution is 0.509. The number of aromatic amines is 1. The molecule has 0 aliphatic heterocycles. The first kappa shape index (κ1) is 14.5. The summed E-state index contributed by atoms with van der Waals surface area (Å²) in [6.07, 6.45) is 1.67. The van der Waals surface area contributed by atoms with E-state index in [4.69, 9.17) is 16.9 Å². The zero-order chi connectivity index (χ0) is 14.9. The molecule has 0 bridgehead atoms. The molecule has 0 radical (unpaired) electrons. The number of hydrogen-bond donors (Lipinski definition) is 1. The number of nitrogens with one attached hydrogen (secondary N) is 1. The second-order valence-electron chi connectivity index (χ2n) is 3.66. The van der Waals surface area contributed by atoms with Crippen molar-refractivity contribution in [3.05, 3.63) is 44.7 Å². The molecule has 0 saturated carbocycles. The van der Waals surface area contributed by atoms with E-state index in [1.165, 1.54) is 0 Å². The van der Waals surface area contributed by atoms with Gasteiger partial charge in [0.2, 0.25) is 0 Å². The van der Waals surface area contributed by atoms with E-state index in [2.05, 4.69) is 9.97 Å². The third kappa shape index (κ3) is 2.53. The molecular weight excluding hydrogens is 308 g/mol. The number of aromatic nitrogens is 2. The maximum absolute atomic E-state index is 13.4. The highest BCUT2D eigenvalue weighted by molar-refractivity contribution is 7.98. The van der Waals surface area contributed by atoms with Gasteiger partial charge in [-0.1, -0.05) is 23.4 Å². The Morgan fingerprint density at radius 3 is 2.70 bits per heavy atom. The van der Waals surface area contributed by atoms with E-state index in [-0.39, 0.29) is 22.0 Å². The van der Waals surface area contributed by atoms with Gasteiger partial charge in [-0.25, -0.2) is 13.8 Å². The van der Waals surface area contributed by atoms with Crippen molar-refractivity contribution in [2.45, 2.75) is 5.16 Å². The molecular formula is C12H6ClF2N3OS. The number of nitrogens with zero attached hydrogens (tertiary/aromatic N) is 2. The summed E-state index contributed by atoms with van der Waals surface area (Å²) in [7, 11) is 0. The van der Waals surface area contributed by atoms with Crippen LogP contribution in [-0.4, -0.2) is 16.2 Å². The molecule has 0 fully saturated rings. The Hall–Kier alpha value is -1.91. The van der Waals surface area contributed by atoms with Gasteiger partial charge in [-0.3, -0.25) is 4.79 Å². The Kier molecular flexibility index (Phi) is 4.06. The number of rotatable bonds is 2. The summed E-state index contributed by atoms with van der Waals surface area (Å²) in [6.45, 7) is 0. The first-order valence-electron chi connectivity index (χ1n) is 5.21. The number of nitriles is 1. The monoisotopic (exact) mass is 313 g/mol. The molecule has 20 heavy (non-hydrogen) atoms. The van der Waals surface area contributed by atoms with Crippen LogP contribution in [0.15, 0.2) is 22.1 Å². The van der Waals surface area contributed by atoms with Crippen LogP contribution in [0.1, 0.15) is 5.56 Å². The van der Waals surface area contributed by atoms with Gasteiger partial charge >= 0.3 is 0 Å². The van der Waals surface area contributed by atoms with Crippen LogP contribution in [0.5, 0.6) is 0 Å². The van der Waals surface area contributed by atoms with Crippen LogP contribution in [0.3, 0.4) is 0 Å². The van der Waals surface area contributed by atoms with Crippen molar-refractivity contribution in [2.75, 3.05) is 6.26 Å². The third-order valence-corrected chi connectivity index (χ3v) is 3.32. The molecule has 1 N–H and O–H groups in total. The minimum absolute atomic E-state index is 0.0404. The van der Waals surface area contributed by atoms with Gasteiger partial charge in [0.1, 0.15) is 11.6 Å². The van der Waals surface area contributed by atoms with Crippen molar-refractivity contribution in [1.29, 1.82) is 5.26 Å². The summed E-state index contributed by atoms with van der Waals surface area (Å²) in [4.78, 5) is 18.2. The van der Waals surface area contributed by atoms with Crippen LogP contribution in [0.2, 0.25) is 5.02 Å². The first-order chi connectivity index (χ1) is 9.47. The molecule has 1 aromatic carbocycles. The molecule has 8 heteroatoms. The average molecular weight is 314 g/mol. The standard InChI is InChI=1S/C12H6ClF2N3OS/c1-20-12-17-10(6(4-16)11(19)18-12)5-2-7(13)9(15)8(14)3-5/h2-3H,1H3,(H,17,18,19). The van der Waals surface area contributed by atoms with Gasteiger partial charge in [0, 0.05) is 5.56 Å². The van der Waals surface area contributed by atoms with Crippen LogP contribution in [0.4, 0.5) is 8.78 Å². The lowest BCUT2D eigenvalue weighted by Crippen LogP contribution is -2.14. The summed E-state index contributed by atoms with van der Waals surface area (Å²) in [5, 5.41) is 8.81. The quantitative estimate of drug-likeness (QED) is 0.526. The molecule has 102 valence electrons. The Morgan fingerprint density at radius 1 is 1.45 bits per heavy atom. The van der Waals surface area contributed by atoms with E-state index in [1.54, 1.807) is 12.3 Å². The number of halogens is 3. The molecule has 0 spiro atoms. The van der Waals surface area contributed by atoms with Crippen LogP contribution in [-0.2, 0) is 0 Å². The predicted octanol–water partition coefficient (Wildman–Crippen LogP) is 2.96. The number of thioether (sulfide) groups is 1. The van der Waals surface area contributed by atoms with E-state index in [0.717, 1.165) is 23.9 Å². The van der Waals surface area contributed by atoms with E-state index < -0.39 is 22.2 Å². The van der Waals surface area contributed by atoms with Gasteiger partial charge in [-0.15, -0.1) is 0 Å². The highest BCUT2D eigenvalue weighted by Gasteiger charge is 2.17. The summed E-state index contributed by atoms with van der Waals surface area (Å²) >= 11 is 6.71. The molecule has 2 rings (SSSR count). The largest absolute Gasteiger partial charge is 0.300 e. The highest BCUT2D eigenvalue weighted by atomic mass is 35.5. The van der Waals surface area contributed by atoms with Gasteiger partial charge in [0.15, 0.2) is 16.8 Å². The van der Waals surface area contributed by atoms with Gasteiger partial charge in [-0.2, -0.15) is 5.26 Å². The smallest absolute Gasteiger partial charge is 0.270 e. The molecule has 0 unspecified atom stereocenters. The third-order valence-electron chi connectivity index (χ3n) is 2.46. The predicted molar refractivity (Wildman–Crippen MR) is 71.7 cm³/mol. The normalized spacial score (nSPS) is 10.3. The van der Waals surface area contributed by atoms with Gasteiger partial charge < -0.3 is 4.98 Å². The van der Waals surface area contributed by atoms with Gasteiger partial charge in [-0.05, 0) is 18.4 Å². The fraction of sp³-hybridized carbons (Fsp3) is 0.0833. The summed E-state index contributed by atoms with van der Waals surface area (Å²) in [5.74, 6) is -2.37. The van der Waals surface area contributed by atoms with Crippen molar-refractivity contribution in [1.82, 2.24) is 9.97 Å². The van der Waals surface area contributed by atoms with Crippen molar-refractivity contribution < 1.29 is 8.78 Å². The summed E-state index contributed by atoms with van der Waals surface area (Å²) in [6, 6.07) is 3.65. The molecule has 4 nitrogen and oxygen atoms in total. The molecule has 0 aliphatic rings. The second kappa shape index (κ2) is 5.61. The van der Waals surface area contributed by atoms with Crippen LogP contribution in [0, 0.1) is 23.0 Å². The maximum Gasteiger partial charge on any atom is 0.270 e. The topological polar surface area (TPSA) is 69.5 Å². The fourth-order valence-electron chi connectivity index (χ4n) is 1.55. The molecule has 2 aromatic rings. The Bertz CT molecular complexity index is 762. The van der Waals surface area contributed by atoms with Crippen LogP contribution in [0.25, 0.3) is 11.3 Å². The summed E-state index contributed by atoms with van der Waals surface area (Å²) in [5.41, 5.74) is -0.916. The number of H-pyrrole nitrogens is 1. The lowest BCUT2D eigenvalue weighted by Gasteiger charge is -2.06. The molecule has 0 atom stereocenters. The Morgan fingerprint density at radius 2 is 2.15 bits per heavy atom.